The molecule has 0 amide bonds. The van der Waals surface area contributed by atoms with Gasteiger partial charge in [-0.05, 0) is 66.5 Å². The van der Waals surface area contributed by atoms with Gasteiger partial charge >= 0.3 is 5.97 Å². The first-order valence-electron chi connectivity index (χ1n) is 11.7. The van der Waals surface area contributed by atoms with Crippen molar-refractivity contribution < 1.29 is 19.0 Å². The van der Waals surface area contributed by atoms with E-state index in [0.717, 1.165) is 34.6 Å². The zero-order valence-corrected chi connectivity index (χ0v) is 20.5. The van der Waals surface area contributed by atoms with E-state index in [1.54, 1.807) is 13.2 Å². The number of fused-ring (bicyclic) bond motifs is 1. The number of hydrogen-bond donors (Lipinski definition) is 0. The molecule has 0 radical (unpaired) electrons. The van der Waals surface area contributed by atoms with Gasteiger partial charge in [0, 0.05) is 22.6 Å². The number of carbonyl (C=O) groups excluding carboxylic acids is 1. The quantitative estimate of drug-likeness (QED) is 0.281. The van der Waals surface area contributed by atoms with Crippen molar-refractivity contribution in [1.82, 2.24) is 0 Å². The summed E-state index contributed by atoms with van der Waals surface area (Å²) < 4.78 is 16.6. The van der Waals surface area contributed by atoms with Crippen molar-refractivity contribution in [1.29, 1.82) is 0 Å². The van der Waals surface area contributed by atoms with E-state index in [9.17, 15) is 4.79 Å². The van der Waals surface area contributed by atoms with Crippen molar-refractivity contribution in [2.75, 3.05) is 20.3 Å². The first-order chi connectivity index (χ1) is 15.7. The molecule has 0 bridgehead atoms. The summed E-state index contributed by atoms with van der Waals surface area (Å²) in [6.45, 7) is 11.6. The lowest BCUT2D eigenvalue weighted by Crippen LogP contribution is -2.18. The largest absolute Gasteiger partial charge is 0.497 e. The molecule has 0 aromatic heterocycles. The molecule has 2 atom stereocenters. The summed E-state index contributed by atoms with van der Waals surface area (Å²) in [6, 6.07) is 12.9. The van der Waals surface area contributed by atoms with E-state index in [0.29, 0.717) is 19.1 Å². The molecule has 2 aliphatic rings. The lowest BCUT2D eigenvalue weighted by Gasteiger charge is -2.20. The monoisotopic (exact) mass is 446 g/mol. The maximum Gasteiger partial charge on any atom is 0.330 e. The minimum Gasteiger partial charge on any atom is -0.497 e. The van der Waals surface area contributed by atoms with Crippen LogP contribution in [0.3, 0.4) is 0 Å². The number of methoxy groups -OCH3 is 1. The second-order valence-corrected chi connectivity index (χ2v) is 10.0. The first kappa shape index (κ1) is 23.2. The lowest BCUT2D eigenvalue weighted by molar-refractivity contribution is -0.137. The Morgan fingerprint density at radius 3 is 2.58 bits per heavy atom. The molecule has 2 aromatic carbocycles. The molecule has 4 nitrogen and oxygen atoms in total. The highest BCUT2D eigenvalue weighted by atomic mass is 16.5. The molecule has 4 heteroatoms. The van der Waals surface area contributed by atoms with Crippen molar-refractivity contribution in [3.8, 4) is 22.6 Å². The average molecular weight is 447 g/mol. The van der Waals surface area contributed by atoms with Crippen LogP contribution in [0.1, 0.15) is 52.2 Å². The highest BCUT2D eigenvalue weighted by Crippen LogP contribution is 2.57. The van der Waals surface area contributed by atoms with Crippen LogP contribution < -0.4 is 9.47 Å². The number of rotatable bonds is 7. The molecular formula is C29H34O4. The molecule has 0 N–H and O–H groups in total. The fourth-order valence-corrected chi connectivity index (χ4v) is 4.63. The van der Waals surface area contributed by atoms with Crippen LogP contribution in [0, 0.1) is 5.92 Å². The molecule has 1 aliphatic carbocycles. The third-order valence-electron chi connectivity index (χ3n) is 6.98. The summed E-state index contributed by atoms with van der Waals surface area (Å²) in [4.78, 5) is 11.7. The predicted octanol–water partition coefficient (Wildman–Crippen LogP) is 6.38. The van der Waals surface area contributed by atoms with E-state index in [1.807, 2.05) is 32.1 Å². The number of benzene rings is 2. The smallest absolute Gasteiger partial charge is 0.330 e. The van der Waals surface area contributed by atoms with Crippen LogP contribution in [0.5, 0.6) is 11.5 Å². The Hall–Kier alpha value is -3.01. The fourth-order valence-electron chi connectivity index (χ4n) is 4.63. The Bertz CT molecular complexity index is 1110. The standard InChI is InChI=1S/C29H34O4/c1-7-32-26(30)14-19(2)8-11-21-17-29(21,5)22-15-24(20-9-12-23(31-6)13-10-20)27-25(16-22)28(3,4)18-33-27/h8-16,21H,7,17-18H2,1-6H3/t21-,29+/m1/s1. The van der Waals surface area contributed by atoms with Gasteiger partial charge in [0.1, 0.15) is 11.5 Å². The second-order valence-electron chi connectivity index (χ2n) is 10.0. The van der Waals surface area contributed by atoms with Gasteiger partial charge in [-0.2, -0.15) is 0 Å². The Morgan fingerprint density at radius 1 is 1.18 bits per heavy atom. The molecule has 4 rings (SSSR count). The first-order valence-corrected chi connectivity index (χ1v) is 11.7. The minimum absolute atomic E-state index is 0.0257. The topological polar surface area (TPSA) is 44.8 Å². The molecule has 0 saturated heterocycles. The summed E-state index contributed by atoms with van der Waals surface area (Å²) in [7, 11) is 1.68. The normalized spacial score (nSPS) is 23.2. The number of hydrogen-bond acceptors (Lipinski definition) is 4. The molecule has 1 heterocycles. The van der Waals surface area contributed by atoms with Crippen molar-refractivity contribution in [3.05, 3.63) is 71.3 Å². The third-order valence-corrected chi connectivity index (χ3v) is 6.98. The lowest BCUT2D eigenvalue weighted by atomic mass is 9.81. The van der Waals surface area contributed by atoms with E-state index in [4.69, 9.17) is 14.2 Å². The molecule has 174 valence electrons. The molecule has 1 aliphatic heterocycles. The van der Waals surface area contributed by atoms with Crippen LogP contribution in [0.15, 0.2) is 60.2 Å². The molecule has 33 heavy (non-hydrogen) atoms. The van der Waals surface area contributed by atoms with Crippen molar-refractivity contribution in [2.24, 2.45) is 5.92 Å². The number of ether oxygens (including phenoxy) is 3. The maximum absolute atomic E-state index is 11.7. The Balaban J connectivity index is 1.66. The van der Waals surface area contributed by atoms with Crippen LogP contribution in [0.2, 0.25) is 0 Å². The zero-order chi connectivity index (χ0) is 23.8. The van der Waals surface area contributed by atoms with E-state index in [2.05, 4.69) is 51.1 Å². The highest BCUT2D eigenvalue weighted by Gasteiger charge is 2.50. The van der Waals surface area contributed by atoms with E-state index in [1.165, 1.54) is 11.1 Å². The van der Waals surface area contributed by atoms with Gasteiger partial charge in [0.15, 0.2) is 0 Å². The SMILES string of the molecule is CCOC(=O)C=C(C)C=C[C@@H]1C[C@]1(C)c1cc(-c2ccc(OC)cc2)c2c(c1)C(C)(C)CO2. The van der Waals surface area contributed by atoms with Gasteiger partial charge in [-0.3, -0.25) is 0 Å². The maximum atomic E-state index is 11.7. The second kappa shape index (κ2) is 8.74. The van der Waals surface area contributed by atoms with E-state index in [-0.39, 0.29) is 16.8 Å². The number of esters is 1. The van der Waals surface area contributed by atoms with Gasteiger partial charge in [-0.1, -0.05) is 51.1 Å². The van der Waals surface area contributed by atoms with Gasteiger partial charge in [0.05, 0.1) is 20.3 Å². The van der Waals surface area contributed by atoms with Gasteiger partial charge in [0.2, 0.25) is 0 Å². The average Bonchev–Trinajstić information content (AvgIpc) is 3.36. The Labute approximate surface area is 197 Å². The Morgan fingerprint density at radius 2 is 1.91 bits per heavy atom. The van der Waals surface area contributed by atoms with Crippen LogP contribution in [-0.4, -0.2) is 26.3 Å². The number of carbonyl (C=O) groups is 1. The molecule has 1 saturated carbocycles. The summed E-state index contributed by atoms with van der Waals surface area (Å²) in [5.74, 6) is 1.98. The van der Waals surface area contributed by atoms with Crippen molar-refractivity contribution in [3.63, 3.8) is 0 Å². The summed E-state index contributed by atoms with van der Waals surface area (Å²) >= 11 is 0. The Kier molecular flexibility index (Phi) is 6.13. The van der Waals surface area contributed by atoms with Crippen LogP contribution in [-0.2, 0) is 20.4 Å². The van der Waals surface area contributed by atoms with Crippen molar-refractivity contribution >= 4 is 5.97 Å². The fraction of sp³-hybridized carbons (Fsp3) is 0.414. The van der Waals surface area contributed by atoms with Gasteiger partial charge in [-0.15, -0.1) is 0 Å². The van der Waals surface area contributed by atoms with Gasteiger partial charge in [-0.25, -0.2) is 4.79 Å². The van der Waals surface area contributed by atoms with Crippen LogP contribution >= 0.6 is 0 Å². The minimum atomic E-state index is -0.289. The third kappa shape index (κ3) is 4.57. The van der Waals surface area contributed by atoms with Gasteiger partial charge in [0.25, 0.3) is 0 Å². The van der Waals surface area contributed by atoms with Crippen LogP contribution in [0.4, 0.5) is 0 Å². The van der Waals surface area contributed by atoms with E-state index >= 15 is 0 Å². The molecule has 1 fully saturated rings. The highest BCUT2D eigenvalue weighted by molar-refractivity contribution is 5.83. The van der Waals surface area contributed by atoms with Crippen LogP contribution in [0.25, 0.3) is 11.1 Å². The van der Waals surface area contributed by atoms with E-state index < -0.39 is 0 Å². The van der Waals surface area contributed by atoms with Crippen molar-refractivity contribution in [2.45, 2.75) is 51.9 Å². The molecular weight excluding hydrogens is 412 g/mol. The molecule has 0 spiro atoms. The summed E-state index contributed by atoms with van der Waals surface area (Å²) in [6.07, 6.45) is 6.90. The van der Waals surface area contributed by atoms with Gasteiger partial charge < -0.3 is 14.2 Å². The molecule has 2 aromatic rings. The molecule has 0 unspecified atom stereocenters. The number of allylic oxidation sites excluding steroid dienone is 3. The summed E-state index contributed by atoms with van der Waals surface area (Å²) in [5.41, 5.74) is 5.84. The summed E-state index contributed by atoms with van der Waals surface area (Å²) in [5, 5.41) is 0. The predicted molar refractivity (Wildman–Crippen MR) is 132 cm³/mol. The zero-order valence-electron chi connectivity index (χ0n) is 20.5.